The molecule has 1 atom stereocenters. The number of pyridine rings is 1. The van der Waals surface area contributed by atoms with Crippen LogP contribution in [0.2, 0.25) is 0 Å². The maximum atomic E-state index is 12.5. The molecule has 0 spiro atoms. The molecule has 0 unspecified atom stereocenters. The Labute approximate surface area is 184 Å². The smallest absolute Gasteiger partial charge is 0.344 e. The lowest BCUT2D eigenvalue weighted by atomic mass is 9.88. The van der Waals surface area contributed by atoms with Gasteiger partial charge in [0.05, 0.1) is 18.8 Å². The summed E-state index contributed by atoms with van der Waals surface area (Å²) >= 11 is 1.38. The van der Waals surface area contributed by atoms with Gasteiger partial charge in [0.1, 0.15) is 10.6 Å². The molecule has 0 radical (unpaired) electrons. The zero-order chi connectivity index (χ0) is 22.4. The summed E-state index contributed by atoms with van der Waals surface area (Å²) in [5.74, 6) is -1.02. The second-order valence-electron chi connectivity index (χ2n) is 7.19. The highest BCUT2D eigenvalue weighted by atomic mass is 32.1. The Morgan fingerprint density at radius 1 is 1.19 bits per heavy atom. The van der Waals surface area contributed by atoms with Crippen molar-refractivity contribution >= 4 is 34.2 Å². The number of nitrogens with zero attached hydrogens (tertiary/aromatic N) is 1. The van der Waals surface area contributed by atoms with Gasteiger partial charge in [0.2, 0.25) is 5.88 Å². The lowest BCUT2D eigenvalue weighted by Crippen LogP contribution is -2.22. The molecular formula is C22H26N2O6S. The molecule has 1 aliphatic carbocycles. The zero-order valence-corrected chi connectivity index (χ0v) is 18.7. The Morgan fingerprint density at radius 3 is 2.74 bits per heavy atom. The molecule has 1 aliphatic rings. The van der Waals surface area contributed by atoms with Crippen molar-refractivity contribution in [3.63, 3.8) is 0 Å². The molecule has 8 nitrogen and oxygen atoms in total. The Bertz CT molecular complexity index is 971. The van der Waals surface area contributed by atoms with Crippen molar-refractivity contribution in [2.24, 2.45) is 5.92 Å². The third-order valence-electron chi connectivity index (χ3n) is 4.85. The van der Waals surface area contributed by atoms with Gasteiger partial charge in [0, 0.05) is 11.1 Å². The first-order valence-corrected chi connectivity index (χ1v) is 11.1. The lowest BCUT2D eigenvalue weighted by molar-refractivity contribution is -0.119. The standard InChI is InChI=1S/C22H26N2O6S/c1-4-28-19-15(7-6-10-23-19)21(26)30-12-17(25)24-20-18(22(27)29-5-2)14-9-8-13(3)11-16(14)31-20/h6-7,10,13H,4-5,8-9,11-12H2,1-3H3,(H,24,25)/t13-/m0/s1. The monoisotopic (exact) mass is 446 g/mol. The van der Waals surface area contributed by atoms with Crippen LogP contribution in [0.3, 0.4) is 0 Å². The molecule has 9 heteroatoms. The maximum absolute atomic E-state index is 12.5. The molecule has 0 fully saturated rings. The average molecular weight is 447 g/mol. The predicted molar refractivity (Wildman–Crippen MR) is 116 cm³/mol. The highest BCUT2D eigenvalue weighted by molar-refractivity contribution is 7.17. The fourth-order valence-electron chi connectivity index (χ4n) is 3.43. The van der Waals surface area contributed by atoms with E-state index in [1.807, 2.05) is 0 Å². The summed E-state index contributed by atoms with van der Waals surface area (Å²) in [6.45, 7) is 5.78. The first-order valence-electron chi connectivity index (χ1n) is 10.3. The van der Waals surface area contributed by atoms with Gasteiger partial charge >= 0.3 is 11.9 Å². The first kappa shape index (κ1) is 22.7. The fourth-order valence-corrected chi connectivity index (χ4v) is 4.84. The molecule has 3 rings (SSSR count). The third kappa shape index (κ3) is 5.41. The number of nitrogens with one attached hydrogen (secondary N) is 1. The number of hydrogen-bond donors (Lipinski definition) is 1. The van der Waals surface area contributed by atoms with Crippen LogP contribution in [0.25, 0.3) is 0 Å². The number of ether oxygens (including phenoxy) is 3. The van der Waals surface area contributed by atoms with Gasteiger partial charge in [-0.2, -0.15) is 0 Å². The van der Waals surface area contributed by atoms with Gasteiger partial charge in [0.25, 0.3) is 5.91 Å². The quantitative estimate of drug-likeness (QED) is 0.618. The number of anilines is 1. The van der Waals surface area contributed by atoms with Crippen molar-refractivity contribution in [3.05, 3.63) is 39.9 Å². The van der Waals surface area contributed by atoms with E-state index in [2.05, 4.69) is 17.2 Å². The van der Waals surface area contributed by atoms with Gasteiger partial charge in [-0.05, 0) is 56.7 Å². The second kappa shape index (κ2) is 10.4. The number of amides is 1. The van der Waals surface area contributed by atoms with Crippen LogP contribution < -0.4 is 10.1 Å². The van der Waals surface area contributed by atoms with Gasteiger partial charge in [-0.3, -0.25) is 4.79 Å². The number of thiophene rings is 1. The van der Waals surface area contributed by atoms with Crippen molar-refractivity contribution in [3.8, 4) is 5.88 Å². The maximum Gasteiger partial charge on any atom is 0.344 e. The van der Waals surface area contributed by atoms with E-state index >= 15 is 0 Å². The summed E-state index contributed by atoms with van der Waals surface area (Å²) in [7, 11) is 0. The van der Waals surface area contributed by atoms with E-state index in [4.69, 9.17) is 14.2 Å². The molecule has 0 saturated heterocycles. The Kier molecular flexibility index (Phi) is 7.62. The highest BCUT2D eigenvalue weighted by Gasteiger charge is 2.29. The van der Waals surface area contributed by atoms with Crippen LogP contribution in [0.1, 0.15) is 58.3 Å². The minimum Gasteiger partial charge on any atom is -0.477 e. The minimum atomic E-state index is -0.711. The van der Waals surface area contributed by atoms with E-state index in [0.717, 1.165) is 29.7 Å². The number of fused-ring (bicyclic) bond motifs is 1. The van der Waals surface area contributed by atoms with E-state index < -0.39 is 24.5 Å². The summed E-state index contributed by atoms with van der Waals surface area (Å²) < 4.78 is 15.7. The summed E-state index contributed by atoms with van der Waals surface area (Å²) in [6, 6.07) is 3.10. The van der Waals surface area contributed by atoms with Crippen LogP contribution in [0.4, 0.5) is 5.00 Å². The minimum absolute atomic E-state index is 0.143. The summed E-state index contributed by atoms with van der Waals surface area (Å²) in [6.07, 6.45) is 4.12. The van der Waals surface area contributed by atoms with Crippen LogP contribution in [-0.4, -0.2) is 42.7 Å². The first-order chi connectivity index (χ1) is 14.9. The van der Waals surface area contributed by atoms with E-state index in [1.165, 1.54) is 23.6 Å². The van der Waals surface area contributed by atoms with Crippen LogP contribution in [-0.2, 0) is 27.1 Å². The highest BCUT2D eigenvalue weighted by Crippen LogP contribution is 2.40. The van der Waals surface area contributed by atoms with E-state index in [9.17, 15) is 14.4 Å². The van der Waals surface area contributed by atoms with Crippen molar-refractivity contribution in [1.82, 2.24) is 4.98 Å². The molecular weight excluding hydrogens is 420 g/mol. The van der Waals surface area contributed by atoms with Gasteiger partial charge in [-0.1, -0.05) is 6.92 Å². The number of carbonyl (C=O) groups excluding carboxylic acids is 3. The average Bonchev–Trinajstić information content (AvgIpc) is 3.09. The van der Waals surface area contributed by atoms with Crippen molar-refractivity contribution in [1.29, 1.82) is 0 Å². The van der Waals surface area contributed by atoms with Crippen molar-refractivity contribution in [2.45, 2.75) is 40.0 Å². The zero-order valence-electron chi connectivity index (χ0n) is 17.9. The molecule has 0 saturated carbocycles. The number of hydrogen-bond acceptors (Lipinski definition) is 8. The predicted octanol–water partition coefficient (Wildman–Crippen LogP) is 3.64. The molecule has 0 aliphatic heterocycles. The van der Waals surface area contributed by atoms with Crippen LogP contribution in [0.15, 0.2) is 18.3 Å². The van der Waals surface area contributed by atoms with Crippen LogP contribution in [0.5, 0.6) is 5.88 Å². The Morgan fingerprint density at radius 2 is 2.00 bits per heavy atom. The van der Waals surface area contributed by atoms with Gasteiger partial charge < -0.3 is 19.5 Å². The summed E-state index contributed by atoms with van der Waals surface area (Å²) in [4.78, 5) is 42.5. The Balaban J connectivity index is 1.70. The van der Waals surface area contributed by atoms with Crippen molar-refractivity contribution in [2.75, 3.05) is 25.1 Å². The van der Waals surface area contributed by atoms with E-state index in [-0.39, 0.29) is 18.1 Å². The van der Waals surface area contributed by atoms with Crippen molar-refractivity contribution < 1.29 is 28.6 Å². The number of esters is 2. The molecule has 2 heterocycles. The number of carbonyl (C=O) groups is 3. The largest absolute Gasteiger partial charge is 0.477 e. The summed E-state index contributed by atoms with van der Waals surface area (Å²) in [5, 5.41) is 3.16. The molecule has 1 N–H and O–H groups in total. The topological polar surface area (TPSA) is 104 Å². The van der Waals surface area contributed by atoms with Crippen LogP contribution >= 0.6 is 11.3 Å². The fraction of sp³-hybridized carbons (Fsp3) is 0.455. The molecule has 2 aromatic rings. The Hall–Kier alpha value is -2.94. The molecule has 0 aromatic carbocycles. The molecule has 2 aromatic heterocycles. The van der Waals surface area contributed by atoms with E-state index in [1.54, 1.807) is 19.9 Å². The lowest BCUT2D eigenvalue weighted by Gasteiger charge is -2.18. The second-order valence-corrected chi connectivity index (χ2v) is 8.29. The van der Waals surface area contributed by atoms with E-state index in [0.29, 0.717) is 23.1 Å². The SMILES string of the molecule is CCOC(=O)c1c(NC(=O)COC(=O)c2cccnc2OCC)sc2c1CC[C@H](C)C2. The number of aromatic nitrogens is 1. The third-order valence-corrected chi connectivity index (χ3v) is 6.02. The van der Waals surface area contributed by atoms with Gasteiger partial charge in [-0.15, -0.1) is 11.3 Å². The van der Waals surface area contributed by atoms with Crippen LogP contribution in [0, 0.1) is 5.92 Å². The summed E-state index contributed by atoms with van der Waals surface area (Å²) in [5.41, 5.74) is 1.51. The molecule has 31 heavy (non-hydrogen) atoms. The van der Waals surface area contributed by atoms with Gasteiger partial charge in [0.15, 0.2) is 6.61 Å². The molecule has 1 amide bonds. The molecule has 166 valence electrons. The normalized spacial score (nSPS) is 15.0. The number of rotatable bonds is 8. The molecule has 0 bridgehead atoms. The van der Waals surface area contributed by atoms with Gasteiger partial charge in [-0.25, -0.2) is 14.6 Å².